The number of carbonyl (C=O) groups excluding carboxylic acids is 2. The zero-order valence-corrected chi connectivity index (χ0v) is 18.1. The van der Waals surface area contributed by atoms with E-state index in [1.54, 1.807) is 12.1 Å². The van der Waals surface area contributed by atoms with Gasteiger partial charge in [0.1, 0.15) is 11.6 Å². The maximum absolute atomic E-state index is 13.6. The summed E-state index contributed by atoms with van der Waals surface area (Å²) in [5.74, 6) is -0.375. The molecule has 2 heterocycles. The van der Waals surface area contributed by atoms with Gasteiger partial charge in [0, 0.05) is 39.0 Å². The van der Waals surface area contributed by atoms with Crippen molar-refractivity contribution < 1.29 is 18.4 Å². The van der Waals surface area contributed by atoms with Gasteiger partial charge in [-0.15, -0.1) is 0 Å². The molecule has 0 bridgehead atoms. The van der Waals surface area contributed by atoms with Crippen LogP contribution in [0, 0.1) is 25.5 Å². The van der Waals surface area contributed by atoms with E-state index in [1.165, 1.54) is 12.1 Å². The number of carbonyl (C=O) groups is 2. The first kappa shape index (κ1) is 21.5. The van der Waals surface area contributed by atoms with E-state index in [2.05, 4.69) is 0 Å². The molecule has 2 aromatic rings. The van der Waals surface area contributed by atoms with E-state index < -0.39 is 0 Å². The molecule has 0 spiro atoms. The van der Waals surface area contributed by atoms with Gasteiger partial charge in [0.2, 0.25) is 11.8 Å². The van der Waals surface area contributed by atoms with E-state index in [0.29, 0.717) is 58.3 Å². The molecule has 4 nitrogen and oxygen atoms in total. The van der Waals surface area contributed by atoms with Crippen LogP contribution in [0.1, 0.15) is 52.6 Å². The van der Waals surface area contributed by atoms with Crippen LogP contribution in [0.5, 0.6) is 0 Å². The topological polar surface area (TPSA) is 40.6 Å². The predicted molar refractivity (Wildman–Crippen MR) is 114 cm³/mol. The molecule has 0 saturated heterocycles. The standard InChI is InChI=1S/C25H28F2N2O2/c1-16-10-20(26)12-18-6-8-28(14-22(16)18)24(30)4-3-5-25(31)29-9-7-19-13-21(27)11-17(2)23(19)15-29/h10-13H,3-9,14-15H2,1-2H3. The molecule has 31 heavy (non-hydrogen) atoms. The minimum atomic E-state index is -0.227. The minimum absolute atomic E-state index is 0.0393. The molecule has 0 aliphatic carbocycles. The lowest BCUT2D eigenvalue weighted by Crippen LogP contribution is -2.37. The number of nitrogens with zero attached hydrogens (tertiary/aromatic N) is 2. The van der Waals surface area contributed by atoms with Gasteiger partial charge in [-0.3, -0.25) is 9.59 Å². The molecule has 164 valence electrons. The van der Waals surface area contributed by atoms with E-state index in [4.69, 9.17) is 0 Å². The molecule has 0 unspecified atom stereocenters. The molecule has 0 saturated carbocycles. The number of aryl methyl sites for hydroxylation is 2. The van der Waals surface area contributed by atoms with Crippen LogP contribution in [0.4, 0.5) is 8.78 Å². The maximum Gasteiger partial charge on any atom is 0.222 e. The zero-order chi connectivity index (χ0) is 22.1. The van der Waals surface area contributed by atoms with Crippen molar-refractivity contribution in [3.05, 3.63) is 69.3 Å². The molecule has 2 aliphatic heterocycles. The summed E-state index contributed by atoms with van der Waals surface area (Å²) in [5, 5.41) is 0. The molecular weight excluding hydrogens is 398 g/mol. The van der Waals surface area contributed by atoms with Crippen molar-refractivity contribution in [1.29, 1.82) is 0 Å². The molecule has 0 radical (unpaired) electrons. The van der Waals surface area contributed by atoms with Gasteiger partial charge in [-0.05, 0) is 90.8 Å². The molecule has 0 N–H and O–H groups in total. The quantitative estimate of drug-likeness (QED) is 0.735. The van der Waals surface area contributed by atoms with Crippen molar-refractivity contribution in [2.45, 2.75) is 59.0 Å². The Balaban J connectivity index is 1.28. The Morgan fingerprint density at radius 3 is 1.61 bits per heavy atom. The van der Waals surface area contributed by atoms with Gasteiger partial charge in [-0.1, -0.05) is 0 Å². The molecule has 2 aromatic carbocycles. The lowest BCUT2D eigenvalue weighted by atomic mass is 9.94. The second-order valence-electron chi connectivity index (χ2n) is 8.70. The Bertz CT molecular complexity index is 953. The van der Waals surface area contributed by atoms with E-state index in [9.17, 15) is 18.4 Å². The predicted octanol–water partition coefficient (Wildman–Crippen LogP) is 4.22. The van der Waals surface area contributed by atoms with Crippen LogP contribution in [-0.4, -0.2) is 34.7 Å². The van der Waals surface area contributed by atoms with Gasteiger partial charge >= 0.3 is 0 Å². The van der Waals surface area contributed by atoms with Crippen LogP contribution < -0.4 is 0 Å². The number of benzene rings is 2. The van der Waals surface area contributed by atoms with Gasteiger partial charge in [0.25, 0.3) is 0 Å². The third-order valence-corrected chi connectivity index (χ3v) is 6.55. The summed E-state index contributed by atoms with van der Waals surface area (Å²) in [6.07, 6.45) is 2.48. The minimum Gasteiger partial charge on any atom is -0.338 e. The highest BCUT2D eigenvalue weighted by atomic mass is 19.1. The first-order chi connectivity index (χ1) is 14.8. The van der Waals surface area contributed by atoms with Crippen LogP contribution >= 0.6 is 0 Å². The van der Waals surface area contributed by atoms with Crippen molar-refractivity contribution in [2.75, 3.05) is 13.1 Å². The number of hydrogen-bond donors (Lipinski definition) is 0. The summed E-state index contributed by atoms with van der Waals surface area (Å²) < 4.78 is 27.2. The molecule has 0 atom stereocenters. The summed E-state index contributed by atoms with van der Waals surface area (Å²) in [6, 6.07) is 6.15. The molecule has 6 heteroatoms. The van der Waals surface area contributed by atoms with Crippen molar-refractivity contribution in [3.63, 3.8) is 0 Å². The third kappa shape index (κ3) is 4.63. The number of hydrogen-bond acceptors (Lipinski definition) is 2. The fourth-order valence-electron chi connectivity index (χ4n) is 4.77. The summed E-state index contributed by atoms with van der Waals surface area (Å²) in [6.45, 7) is 5.94. The molecule has 2 aliphatic rings. The Morgan fingerprint density at radius 1 is 0.774 bits per heavy atom. The SMILES string of the molecule is Cc1cc(F)cc2c1CN(C(=O)CCCC(=O)N1CCc3cc(F)cc(C)c3C1)CC2. The summed E-state index contributed by atoms with van der Waals surface area (Å²) in [4.78, 5) is 29.0. The van der Waals surface area contributed by atoms with E-state index in [0.717, 1.165) is 33.4 Å². The molecule has 0 aromatic heterocycles. The number of halogens is 2. The highest BCUT2D eigenvalue weighted by Crippen LogP contribution is 2.26. The summed E-state index contributed by atoms with van der Waals surface area (Å²) in [7, 11) is 0. The van der Waals surface area contributed by atoms with Gasteiger partial charge < -0.3 is 9.80 Å². The molecule has 0 fully saturated rings. The zero-order valence-electron chi connectivity index (χ0n) is 18.1. The Morgan fingerprint density at radius 2 is 1.19 bits per heavy atom. The number of rotatable bonds is 4. The second-order valence-corrected chi connectivity index (χ2v) is 8.70. The average molecular weight is 427 g/mol. The normalized spacial score (nSPS) is 15.5. The van der Waals surface area contributed by atoms with Crippen molar-refractivity contribution >= 4 is 11.8 Å². The van der Waals surface area contributed by atoms with E-state index in [-0.39, 0.29) is 23.4 Å². The van der Waals surface area contributed by atoms with Gasteiger partial charge in [0.15, 0.2) is 0 Å². The van der Waals surface area contributed by atoms with Crippen LogP contribution in [0.25, 0.3) is 0 Å². The third-order valence-electron chi connectivity index (χ3n) is 6.55. The average Bonchev–Trinajstić information content (AvgIpc) is 2.73. The fraction of sp³-hybridized carbons (Fsp3) is 0.440. The largest absolute Gasteiger partial charge is 0.338 e. The van der Waals surface area contributed by atoms with Crippen LogP contribution in [0.2, 0.25) is 0 Å². The lowest BCUT2D eigenvalue weighted by molar-refractivity contribution is -0.133. The van der Waals surface area contributed by atoms with Gasteiger partial charge in [-0.2, -0.15) is 0 Å². The van der Waals surface area contributed by atoms with Crippen LogP contribution in [0.3, 0.4) is 0 Å². The molecular formula is C25H28F2N2O2. The van der Waals surface area contributed by atoms with Crippen LogP contribution in [-0.2, 0) is 35.5 Å². The lowest BCUT2D eigenvalue weighted by Gasteiger charge is -2.31. The van der Waals surface area contributed by atoms with Crippen molar-refractivity contribution in [2.24, 2.45) is 0 Å². The maximum atomic E-state index is 13.6. The Hall–Kier alpha value is -2.76. The van der Waals surface area contributed by atoms with Gasteiger partial charge in [-0.25, -0.2) is 8.78 Å². The smallest absolute Gasteiger partial charge is 0.222 e. The highest BCUT2D eigenvalue weighted by molar-refractivity contribution is 5.79. The first-order valence-electron chi connectivity index (χ1n) is 10.9. The highest BCUT2D eigenvalue weighted by Gasteiger charge is 2.25. The first-order valence-corrected chi connectivity index (χ1v) is 10.9. The fourth-order valence-corrected chi connectivity index (χ4v) is 4.77. The number of amides is 2. The monoisotopic (exact) mass is 426 g/mol. The molecule has 4 rings (SSSR count). The van der Waals surface area contributed by atoms with Crippen LogP contribution in [0.15, 0.2) is 24.3 Å². The van der Waals surface area contributed by atoms with Crippen molar-refractivity contribution in [3.8, 4) is 0 Å². The summed E-state index contributed by atoms with van der Waals surface area (Å²) >= 11 is 0. The number of fused-ring (bicyclic) bond motifs is 2. The summed E-state index contributed by atoms with van der Waals surface area (Å²) in [5.41, 5.74) is 5.80. The second kappa shape index (κ2) is 8.77. The van der Waals surface area contributed by atoms with Gasteiger partial charge in [0.05, 0.1) is 0 Å². The Kier molecular flexibility index (Phi) is 6.08. The van der Waals surface area contributed by atoms with Crippen molar-refractivity contribution in [1.82, 2.24) is 9.80 Å². The van der Waals surface area contributed by atoms with E-state index >= 15 is 0 Å². The van der Waals surface area contributed by atoms with E-state index in [1.807, 2.05) is 23.6 Å². The molecule has 2 amide bonds. The Labute approximate surface area is 181 Å².